The first-order valence-corrected chi connectivity index (χ1v) is 7.83. The van der Waals surface area contributed by atoms with Crippen LogP contribution in [0.2, 0.25) is 0 Å². The van der Waals surface area contributed by atoms with E-state index in [0.29, 0.717) is 29.0 Å². The van der Waals surface area contributed by atoms with E-state index in [1.54, 1.807) is 16.8 Å². The fraction of sp³-hybridized carbons (Fsp3) is 0.176. The van der Waals surface area contributed by atoms with E-state index >= 15 is 0 Å². The van der Waals surface area contributed by atoms with Gasteiger partial charge < -0.3 is 15.0 Å². The fourth-order valence-electron chi connectivity index (χ4n) is 2.70. The highest BCUT2D eigenvalue weighted by Crippen LogP contribution is 2.25. The SMILES string of the molecule is Cc1ccn2nc(-c3nccn3C)nc(Nc3cccc(CO)n3)c12. The summed E-state index contributed by atoms with van der Waals surface area (Å²) < 4.78 is 3.65. The van der Waals surface area contributed by atoms with E-state index in [1.165, 1.54) is 0 Å². The minimum absolute atomic E-state index is 0.114. The number of nitrogens with one attached hydrogen (secondary N) is 1. The number of aliphatic hydroxyl groups excluding tert-OH is 1. The summed E-state index contributed by atoms with van der Waals surface area (Å²) in [5.41, 5.74) is 2.51. The van der Waals surface area contributed by atoms with Crippen molar-refractivity contribution in [3.8, 4) is 11.6 Å². The smallest absolute Gasteiger partial charge is 0.218 e. The zero-order chi connectivity index (χ0) is 17.4. The molecule has 8 nitrogen and oxygen atoms in total. The standard InChI is InChI=1S/C17H17N7O/c1-11-6-8-24-14(11)15(20-13-5-3-4-12(10-25)19-13)21-16(22-24)17-18-7-9-23(17)2/h3-9,25H,10H2,1-2H3,(H,19,20,21,22). The first kappa shape index (κ1) is 15.3. The highest BCUT2D eigenvalue weighted by Gasteiger charge is 2.15. The van der Waals surface area contributed by atoms with Gasteiger partial charge in [-0.25, -0.2) is 19.5 Å². The van der Waals surface area contributed by atoms with Crippen LogP contribution in [0.15, 0.2) is 42.9 Å². The highest BCUT2D eigenvalue weighted by atomic mass is 16.3. The molecule has 126 valence electrons. The Morgan fingerprint density at radius 2 is 2.04 bits per heavy atom. The molecule has 2 N–H and O–H groups in total. The predicted molar refractivity (Wildman–Crippen MR) is 93.4 cm³/mol. The molecule has 0 amide bonds. The first-order chi connectivity index (χ1) is 12.2. The van der Waals surface area contributed by atoms with Crippen molar-refractivity contribution in [2.75, 3.05) is 5.32 Å². The van der Waals surface area contributed by atoms with Crippen molar-refractivity contribution in [3.05, 3.63) is 54.1 Å². The van der Waals surface area contributed by atoms with Crippen LogP contribution in [-0.2, 0) is 13.7 Å². The molecule has 0 bridgehead atoms. The maximum absolute atomic E-state index is 9.28. The van der Waals surface area contributed by atoms with Gasteiger partial charge in [-0.2, -0.15) is 0 Å². The van der Waals surface area contributed by atoms with E-state index in [9.17, 15) is 5.11 Å². The minimum Gasteiger partial charge on any atom is -0.390 e. The Morgan fingerprint density at radius 3 is 2.80 bits per heavy atom. The van der Waals surface area contributed by atoms with Crippen LogP contribution >= 0.6 is 0 Å². The van der Waals surface area contributed by atoms with E-state index in [1.807, 2.05) is 49.1 Å². The van der Waals surface area contributed by atoms with E-state index < -0.39 is 0 Å². The van der Waals surface area contributed by atoms with Crippen LogP contribution in [0.1, 0.15) is 11.3 Å². The second-order valence-corrected chi connectivity index (χ2v) is 5.73. The molecule has 4 aromatic heterocycles. The van der Waals surface area contributed by atoms with Gasteiger partial charge in [-0.3, -0.25) is 0 Å². The fourth-order valence-corrected chi connectivity index (χ4v) is 2.70. The zero-order valence-electron chi connectivity index (χ0n) is 13.9. The monoisotopic (exact) mass is 335 g/mol. The lowest BCUT2D eigenvalue weighted by Gasteiger charge is -2.10. The average Bonchev–Trinajstić information content (AvgIpc) is 3.21. The second-order valence-electron chi connectivity index (χ2n) is 5.73. The molecule has 4 aromatic rings. The summed E-state index contributed by atoms with van der Waals surface area (Å²) in [5.74, 6) is 2.43. The Kier molecular flexibility index (Phi) is 3.66. The third kappa shape index (κ3) is 2.72. The van der Waals surface area contributed by atoms with Gasteiger partial charge in [-0.15, -0.1) is 5.10 Å². The van der Waals surface area contributed by atoms with Gasteiger partial charge in [-0.05, 0) is 30.7 Å². The van der Waals surface area contributed by atoms with Crippen LogP contribution in [0.4, 0.5) is 11.6 Å². The Bertz CT molecular complexity index is 1050. The third-order valence-electron chi connectivity index (χ3n) is 3.95. The molecule has 0 radical (unpaired) electrons. The number of imidazole rings is 1. The van der Waals surface area contributed by atoms with Crippen molar-refractivity contribution in [1.29, 1.82) is 0 Å². The van der Waals surface area contributed by atoms with Gasteiger partial charge in [0.05, 0.1) is 12.3 Å². The molecular weight excluding hydrogens is 318 g/mol. The molecule has 0 aromatic carbocycles. The summed E-state index contributed by atoms with van der Waals surface area (Å²) in [7, 11) is 1.90. The van der Waals surface area contributed by atoms with Crippen molar-refractivity contribution >= 4 is 17.2 Å². The number of aryl methyl sites for hydroxylation is 2. The molecule has 0 spiro atoms. The molecule has 25 heavy (non-hydrogen) atoms. The topological polar surface area (TPSA) is 93.2 Å². The highest BCUT2D eigenvalue weighted by molar-refractivity contribution is 5.76. The van der Waals surface area contributed by atoms with Gasteiger partial charge in [0.25, 0.3) is 0 Å². The second kappa shape index (κ2) is 5.99. The van der Waals surface area contributed by atoms with Gasteiger partial charge in [0.1, 0.15) is 11.3 Å². The third-order valence-corrected chi connectivity index (χ3v) is 3.95. The number of anilines is 2. The molecule has 0 aliphatic heterocycles. The Hall–Kier alpha value is -3.26. The largest absolute Gasteiger partial charge is 0.390 e. The van der Waals surface area contributed by atoms with Crippen LogP contribution in [-0.4, -0.2) is 34.2 Å². The lowest BCUT2D eigenvalue weighted by Crippen LogP contribution is -2.07. The molecule has 0 fully saturated rings. The molecule has 4 rings (SSSR count). The zero-order valence-corrected chi connectivity index (χ0v) is 13.9. The minimum atomic E-state index is -0.114. The molecule has 4 heterocycles. The van der Waals surface area contributed by atoms with Gasteiger partial charge in [0, 0.05) is 25.6 Å². The quantitative estimate of drug-likeness (QED) is 0.593. The number of hydrogen-bond acceptors (Lipinski definition) is 6. The lowest BCUT2D eigenvalue weighted by molar-refractivity contribution is 0.277. The summed E-state index contributed by atoms with van der Waals surface area (Å²) in [6, 6.07) is 7.41. The average molecular weight is 335 g/mol. The van der Waals surface area contributed by atoms with Crippen molar-refractivity contribution in [3.63, 3.8) is 0 Å². The van der Waals surface area contributed by atoms with Crippen LogP contribution in [0.25, 0.3) is 17.2 Å². The Morgan fingerprint density at radius 1 is 1.16 bits per heavy atom. The number of pyridine rings is 1. The van der Waals surface area contributed by atoms with E-state index in [4.69, 9.17) is 0 Å². The number of fused-ring (bicyclic) bond motifs is 1. The molecule has 0 unspecified atom stereocenters. The van der Waals surface area contributed by atoms with Crippen molar-refractivity contribution < 1.29 is 5.11 Å². The Balaban J connectivity index is 1.86. The maximum Gasteiger partial charge on any atom is 0.218 e. The summed E-state index contributed by atoms with van der Waals surface area (Å²) >= 11 is 0. The molecule has 0 saturated heterocycles. The Labute approximate surface area is 143 Å². The molecule has 0 saturated carbocycles. The van der Waals surface area contributed by atoms with Crippen molar-refractivity contribution in [2.45, 2.75) is 13.5 Å². The van der Waals surface area contributed by atoms with Gasteiger partial charge in [0.2, 0.25) is 5.82 Å². The molecule has 0 aliphatic carbocycles. The molecular formula is C17H17N7O. The number of hydrogen-bond donors (Lipinski definition) is 2. The summed E-state index contributed by atoms with van der Waals surface area (Å²) in [4.78, 5) is 13.3. The lowest BCUT2D eigenvalue weighted by atomic mass is 10.3. The molecule has 0 atom stereocenters. The number of rotatable bonds is 4. The number of aromatic nitrogens is 6. The summed E-state index contributed by atoms with van der Waals surface area (Å²) in [6.45, 7) is 1.89. The van der Waals surface area contributed by atoms with Crippen LogP contribution in [0, 0.1) is 6.92 Å². The first-order valence-electron chi connectivity index (χ1n) is 7.83. The molecule has 8 heteroatoms. The van der Waals surface area contributed by atoms with Crippen molar-refractivity contribution in [2.24, 2.45) is 7.05 Å². The van der Waals surface area contributed by atoms with Gasteiger partial charge in [0.15, 0.2) is 11.6 Å². The van der Waals surface area contributed by atoms with E-state index in [0.717, 1.165) is 11.1 Å². The van der Waals surface area contributed by atoms with Crippen LogP contribution in [0.3, 0.4) is 0 Å². The van der Waals surface area contributed by atoms with Crippen molar-refractivity contribution in [1.82, 2.24) is 29.1 Å². The van der Waals surface area contributed by atoms with E-state index in [2.05, 4.69) is 25.4 Å². The predicted octanol–water partition coefficient (Wildman–Crippen LogP) is 2.07. The summed E-state index contributed by atoms with van der Waals surface area (Å²) in [6.07, 6.45) is 5.45. The number of aliphatic hydroxyl groups is 1. The molecule has 0 aliphatic rings. The summed E-state index contributed by atoms with van der Waals surface area (Å²) in [5, 5.41) is 17.1. The van der Waals surface area contributed by atoms with Gasteiger partial charge >= 0.3 is 0 Å². The maximum atomic E-state index is 9.28. The van der Waals surface area contributed by atoms with Crippen LogP contribution < -0.4 is 5.32 Å². The number of nitrogens with zero attached hydrogens (tertiary/aromatic N) is 6. The van der Waals surface area contributed by atoms with Gasteiger partial charge in [-0.1, -0.05) is 6.07 Å². The van der Waals surface area contributed by atoms with Crippen LogP contribution in [0.5, 0.6) is 0 Å². The van der Waals surface area contributed by atoms with E-state index in [-0.39, 0.29) is 6.61 Å². The normalized spacial score (nSPS) is 11.2.